The van der Waals surface area contributed by atoms with Crippen molar-refractivity contribution < 1.29 is 9.16 Å². The number of rotatable bonds is 5. The maximum Gasteiger partial charge on any atom is 0.250 e. The van der Waals surface area contributed by atoms with Gasteiger partial charge in [-0.2, -0.15) is 5.10 Å². The lowest BCUT2D eigenvalue weighted by Crippen LogP contribution is -2.43. The summed E-state index contributed by atoms with van der Waals surface area (Å²) in [7, 11) is -1.79. The second kappa shape index (κ2) is 6.84. The van der Waals surface area contributed by atoms with E-state index in [1.165, 1.54) is 0 Å². The number of aromatic nitrogens is 2. The van der Waals surface area contributed by atoms with Crippen molar-refractivity contribution in [3.8, 4) is 5.75 Å². The van der Waals surface area contributed by atoms with Gasteiger partial charge in [-0.05, 0) is 48.8 Å². The van der Waals surface area contributed by atoms with Crippen molar-refractivity contribution >= 4 is 19.7 Å². The fraction of sp³-hybridized carbons (Fsp3) is 0.526. The van der Waals surface area contributed by atoms with Crippen LogP contribution in [0.1, 0.15) is 33.2 Å². The first-order chi connectivity index (χ1) is 11.7. The SMILES string of the molecule is CC(C)(C)[Si](C)(C)Oc1ccc(Nc2cnn(C3CCOC3)c2)cc1. The van der Waals surface area contributed by atoms with E-state index in [9.17, 15) is 0 Å². The van der Waals surface area contributed by atoms with Crippen LogP contribution in [-0.2, 0) is 4.74 Å². The molecule has 1 aromatic carbocycles. The number of nitrogens with zero attached hydrogens (tertiary/aromatic N) is 2. The fourth-order valence-corrected chi connectivity index (χ4v) is 3.59. The number of anilines is 2. The van der Waals surface area contributed by atoms with Crippen LogP contribution in [0.5, 0.6) is 5.75 Å². The summed E-state index contributed by atoms with van der Waals surface area (Å²) in [5.74, 6) is 0.941. The van der Waals surface area contributed by atoms with Gasteiger partial charge in [0.2, 0.25) is 8.32 Å². The Labute approximate surface area is 151 Å². The molecule has 1 saturated heterocycles. The van der Waals surface area contributed by atoms with E-state index < -0.39 is 8.32 Å². The topological polar surface area (TPSA) is 48.3 Å². The molecule has 0 amide bonds. The van der Waals surface area contributed by atoms with E-state index in [2.05, 4.69) is 56.4 Å². The van der Waals surface area contributed by atoms with E-state index in [1.807, 2.05) is 29.2 Å². The molecular formula is C19H29N3O2Si. The average Bonchev–Trinajstić information content (AvgIpc) is 3.19. The summed E-state index contributed by atoms with van der Waals surface area (Å²) >= 11 is 0. The number of hydrogen-bond donors (Lipinski definition) is 1. The second-order valence-corrected chi connectivity index (χ2v) is 13.0. The van der Waals surface area contributed by atoms with Crippen molar-refractivity contribution in [3.63, 3.8) is 0 Å². The van der Waals surface area contributed by atoms with Gasteiger partial charge in [0, 0.05) is 18.5 Å². The van der Waals surface area contributed by atoms with Gasteiger partial charge in [-0.15, -0.1) is 0 Å². The first-order valence-corrected chi connectivity index (χ1v) is 11.8. The normalized spacial score (nSPS) is 18.4. The van der Waals surface area contributed by atoms with E-state index in [-0.39, 0.29) is 5.04 Å². The van der Waals surface area contributed by atoms with Crippen LogP contribution in [0.25, 0.3) is 0 Å². The second-order valence-electron chi connectivity index (χ2n) is 8.24. The van der Waals surface area contributed by atoms with E-state index in [1.54, 1.807) is 0 Å². The maximum absolute atomic E-state index is 6.32. The molecule has 25 heavy (non-hydrogen) atoms. The van der Waals surface area contributed by atoms with Gasteiger partial charge in [-0.25, -0.2) is 0 Å². The monoisotopic (exact) mass is 359 g/mol. The van der Waals surface area contributed by atoms with Crippen molar-refractivity contribution in [2.45, 2.75) is 51.4 Å². The molecule has 0 radical (unpaired) electrons. The van der Waals surface area contributed by atoms with Gasteiger partial charge >= 0.3 is 0 Å². The Kier molecular flexibility index (Phi) is 4.93. The predicted molar refractivity (Wildman–Crippen MR) is 104 cm³/mol. The molecule has 6 heteroatoms. The number of nitrogens with one attached hydrogen (secondary N) is 1. The molecule has 5 nitrogen and oxygen atoms in total. The highest BCUT2D eigenvalue weighted by atomic mass is 28.4. The van der Waals surface area contributed by atoms with Crippen LogP contribution < -0.4 is 9.74 Å². The fourth-order valence-electron chi connectivity index (χ4n) is 2.55. The number of ether oxygens (including phenoxy) is 1. The third-order valence-electron chi connectivity index (χ3n) is 5.20. The molecule has 1 N–H and O–H groups in total. The Morgan fingerprint density at radius 1 is 1.20 bits per heavy atom. The van der Waals surface area contributed by atoms with Crippen molar-refractivity contribution in [2.75, 3.05) is 18.5 Å². The predicted octanol–water partition coefficient (Wildman–Crippen LogP) is 4.97. The van der Waals surface area contributed by atoms with Crippen LogP contribution >= 0.6 is 0 Å². The third kappa shape index (κ3) is 4.25. The number of benzene rings is 1. The molecule has 2 aromatic rings. The van der Waals surface area contributed by atoms with Crippen LogP contribution in [0.4, 0.5) is 11.4 Å². The minimum atomic E-state index is -1.79. The Morgan fingerprint density at radius 3 is 2.52 bits per heavy atom. The van der Waals surface area contributed by atoms with E-state index in [4.69, 9.17) is 9.16 Å². The summed E-state index contributed by atoms with van der Waals surface area (Å²) in [5.41, 5.74) is 2.02. The van der Waals surface area contributed by atoms with E-state index in [0.29, 0.717) is 6.04 Å². The molecule has 1 atom stereocenters. The standard InChI is InChI=1S/C19H29N3O2Si/c1-19(2,3)25(4,5)24-18-8-6-15(7-9-18)21-16-12-20-22(13-16)17-10-11-23-14-17/h6-9,12-13,17,21H,10-11,14H2,1-5H3. The van der Waals surface area contributed by atoms with Crippen molar-refractivity contribution in [2.24, 2.45) is 0 Å². The van der Waals surface area contributed by atoms with Crippen LogP contribution in [0.2, 0.25) is 18.1 Å². The summed E-state index contributed by atoms with van der Waals surface area (Å²) in [4.78, 5) is 0. The summed E-state index contributed by atoms with van der Waals surface area (Å²) in [6, 6.07) is 8.54. The van der Waals surface area contributed by atoms with Gasteiger partial charge in [0.1, 0.15) is 5.75 Å². The third-order valence-corrected chi connectivity index (χ3v) is 9.56. The minimum absolute atomic E-state index is 0.197. The molecule has 0 spiro atoms. The average molecular weight is 360 g/mol. The lowest BCUT2D eigenvalue weighted by molar-refractivity contribution is 0.184. The van der Waals surface area contributed by atoms with Gasteiger partial charge in [-0.1, -0.05) is 20.8 Å². The van der Waals surface area contributed by atoms with Crippen molar-refractivity contribution in [1.82, 2.24) is 9.78 Å². The lowest BCUT2D eigenvalue weighted by atomic mass is 10.2. The quantitative estimate of drug-likeness (QED) is 0.766. The molecular weight excluding hydrogens is 330 g/mol. The first-order valence-electron chi connectivity index (χ1n) is 8.93. The summed E-state index contributed by atoms with van der Waals surface area (Å²) in [6.45, 7) is 12.9. The molecule has 2 heterocycles. The van der Waals surface area contributed by atoms with Crippen LogP contribution in [0.15, 0.2) is 36.7 Å². The molecule has 1 aliphatic rings. The maximum atomic E-state index is 6.32. The van der Waals surface area contributed by atoms with Crippen LogP contribution in [0.3, 0.4) is 0 Å². The zero-order valence-electron chi connectivity index (χ0n) is 15.9. The summed E-state index contributed by atoms with van der Waals surface area (Å²) in [5, 5.41) is 8.04. The minimum Gasteiger partial charge on any atom is -0.544 e. The summed E-state index contributed by atoms with van der Waals surface area (Å²) in [6.07, 6.45) is 4.93. The van der Waals surface area contributed by atoms with Gasteiger partial charge in [0.05, 0.1) is 24.5 Å². The molecule has 1 unspecified atom stereocenters. The first kappa shape index (κ1) is 18.0. The summed E-state index contributed by atoms with van der Waals surface area (Å²) < 4.78 is 13.7. The van der Waals surface area contributed by atoms with E-state index in [0.717, 1.165) is 36.8 Å². The zero-order valence-corrected chi connectivity index (χ0v) is 16.9. The van der Waals surface area contributed by atoms with Crippen LogP contribution in [-0.4, -0.2) is 31.3 Å². The Bertz CT molecular complexity index is 698. The van der Waals surface area contributed by atoms with E-state index >= 15 is 0 Å². The van der Waals surface area contributed by atoms with Crippen LogP contribution in [0, 0.1) is 0 Å². The lowest BCUT2D eigenvalue weighted by Gasteiger charge is -2.36. The molecule has 1 aliphatic heterocycles. The van der Waals surface area contributed by atoms with Crippen molar-refractivity contribution in [3.05, 3.63) is 36.7 Å². The van der Waals surface area contributed by atoms with Gasteiger partial charge in [-0.3, -0.25) is 4.68 Å². The highest BCUT2D eigenvalue weighted by Gasteiger charge is 2.38. The largest absolute Gasteiger partial charge is 0.544 e. The molecule has 0 bridgehead atoms. The Hall–Kier alpha value is -1.79. The molecule has 136 valence electrons. The molecule has 3 rings (SSSR count). The highest BCUT2D eigenvalue weighted by molar-refractivity contribution is 6.74. The van der Waals surface area contributed by atoms with Crippen molar-refractivity contribution in [1.29, 1.82) is 0 Å². The van der Waals surface area contributed by atoms with Gasteiger partial charge in [0.25, 0.3) is 0 Å². The van der Waals surface area contributed by atoms with Gasteiger partial charge in [0.15, 0.2) is 0 Å². The molecule has 1 aromatic heterocycles. The Morgan fingerprint density at radius 2 is 1.92 bits per heavy atom. The smallest absolute Gasteiger partial charge is 0.250 e. The highest BCUT2D eigenvalue weighted by Crippen LogP contribution is 2.37. The molecule has 0 aliphatic carbocycles. The number of hydrogen-bond acceptors (Lipinski definition) is 4. The van der Waals surface area contributed by atoms with Gasteiger partial charge < -0.3 is 14.5 Å². The zero-order chi connectivity index (χ0) is 18.1. The Balaban J connectivity index is 1.63. The molecule has 1 fully saturated rings. The molecule has 0 saturated carbocycles.